The SMILES string of the molecule is C=C(Cl)C(=O)OC12CC3CC(CC(C3)C1CC)C2. The monoisotopic (exact) mass is 268 g/mol. The molecule has 2 nitrogen and oxygen atoms in total. The van der Waals surface area contributed by atoms with Gasteiger partial charge in [-0.05, 0) is 56.3 Å². The third kappa shape index (κ3) is 1.80. The predicted molar refractivity (Wildman–Crippen MR) is 71.2 cm³/mol. The zero-order valence-corrected chi connectivity index (χ0v) is 11.7. The minimum Gasteiger partial charge on any atom is -0.455 e. The van der Waals surface area contributed by atoms with E-state index in [-0.39, 0.29) is 10.6 Å². The van der Waals surface area contributed by atoms with Gasteiger partial charge in [0.1, 0.15) is 10.6 Å². The van der Waals surface area contributed by atoms with Crippen molar-refractivity contribution in [3.05, 3.63) is 11.6 Å². The normalized spacial score (nSPS) is 45.0. The number of hydrogen-bond acceptors (Lipinski definition) is 2. The Hall–Kier alpha value is -0.500. The number of halogens is 1. The maximum absolute atomic E-state index is 11.8. The van der Waals surface area contributed by atoms with E-state index in [2.05, 4.69) is 13.5 Å². The number of esters is 1. The molecule has 4 bridgehead atoms. The minimum atomic E-state index is -0.405. The first-order chi connectivity index (χ1) is 8.54. The van der Waals surface area contributed by atoms with Crippen LogP contribution in [0.1, 0.15) is 45.4 Å². The van der Waals surface area contributed by atoms with Crippen molar-refractivity contribution in [1.82, 2.24) is 0 Å². The fourth-order valence-electron chi connectivity index (χ4n) is 5.18. The maximum Gasteiger partial charge on any atom is 0.349 e. The van der Waals surface area contributed by atoms with E-state index in [9.17, 15) is 4.79 Å². The van der Waals surface area contributed by atoms with Crippen molar-refractivity contribution in [1.29, 1.82) is 0 Å². The van der Waals surface area contributed by atoms with Crippen LogP contribution in [0.5, 0.6) is 0 Å². The van der Waals surface area contributed by atoms with Gasteiger partial charge in [-0.3, -0.25) is 0 Å². The van der Waals surface area contributed by atoms with E-state index in [4.69, 9.17) is 16.3 Å². The summed E-state index contributed by atoms with van der Waals surface area (Å²) in [5, 5.41) is 0.0144. The van der Waals surface area contributed by atoms with Crippen LogP contribution in [0.4, 0.5) is 0 Å². The molecule has 18 heavy (non-hydrogen) atoms. The van der Waals surface area contributed by atoms with Crippen LogP contribution in [0.2, 0.25) is 0 Å². The van der Waals surface area contributed by atoms with Crippen molar-refractivity contribution in [2.75, 3.05) is 0 Å². The summed E-state index contributed by atoms with van der Waals surface area (Å²) in [4.78, 5) is 11.8. The Kier molecular flexibility index (Phi) is 2.97. The summed E-state index contributed by atoms with van der Waals surface area (Å²) < 4.78 is 5.85. The topological polar surface area (TPSA) is 26.3 Å². The molecule has 0 aromatic rings. The van der Waals surface area contributed by atoms with Gasteiger partial charge in [-0.15, -0.1) is 0 Å². The summed E-state index contributed by atoms with van der Waals surface area (Å²) in [7, 11) is 0. The first-order valence-electron chi connectivity index (χ1n) is 7.12. The van der Waals surface area contributed by atoms with Crippen molar-refractivity contribution in [3.8, 4) is 0 Å². The van der Waals surface area contributed by atoms with Gasteiger partial charge in [0, 0.05) is 5.92 Å². The lowest BCUT2D eigenvalue weighted by Gasteiger charge is -2.60. The second kappa shape index (κ2) is 4.26. The quantitative estimate of drug-likeness (QED) is 0.573. The third-order valence-electron chi connectivity index (χ3n) is 5.41. The maximum atomic E-state index is 11.8. The summed E-state index contributed by atoms with van der Waals surface area (Å²) >= 11 is 5.69. The molecular weight excluding hydrogens is 248 g/mol. The van der Waals surface area contributed by atoms with Crippen molar-refractivity contribution < 1.29 is 9.53 Å². The molecule has 0 aromatic heterocycles. The lowest BCUT2D eigenvalue weighted by Crippen LogP contribution is -2.59. The number of carbonyl (C=O) groups excluding carboxylic acids is 1. The van der Waals surface area contributed by atoms with Crippen LogP contribution in [0, 0.1) is 23.7 Å². The van der Waals surface area contributed by atoms with Crippen LogP contribution < -0.4 is 0 Å². The van der Waals surface area contributed by atoms with Crippen LogP contribution in [0.15, 0.2) is 11.6 Å². The molecule has 3 unspecified atom stereocenters. The minimum absolute atomic E-state index is 0.0144. The molecule has 4 saturated carbocycles. The Labute approximate surface area is 114 Å². The van der Waals surface area contributed by atoms with Gasteiger partial charge in [-0.2, -0.15) is 0 Å². The zero-order valence-electron chi connectivity index (χ0n) is 11.0. The molecule has 4 aliphatic rings. The second-order valence-corrected chi connectivity index (χ2v) is 6.94. The van der Waals surface area contributed by atoms with Crippen molar-refractivity contribution in [2.24, 2.45) is 23.7 Å². The highest BCUT2D eigenvalue weighted by Gasteiger charge is 2.58. The van der Waals surface area contributed by atoms with Gasteiger partial charge in [0.2, 0.25) is 0 Å². The van der Waals surface area contributed by atoms with Gasteiger partial charge < -0.3 is 4.74 Å². The average molecular weight is 269 g/mol. The molecule has 0 spiro atoms. The van der Waals surface area contributed by atoms with E-state index in [1.165, 1.54) is 19.3 Å². The summed E-state index contributed by atoms with van der Waals surface area (Å²) in [6, 6.07) is 0. The first-order valence-corrected chi connectivity index (χ1v) is 7.49. The summed E-state index contributed by atoms with van der Waals surface area (Å²) in [5.74, 6) is 2.42. The Morgan fingerprint density at radius 3 is 2.44 bits per heavy atom. The molecule has 4 aliphatic carbocycles. The highest BCUT2D eigenvalue weighted by atomic mass is 35.5. The van der Waals surface area contributed by atoms with E-state index in [0.29, 0.717) is 5.92 Å². The molecule has 0 amide bonds. The van der Waals surface area contributed by atoms with Gasteiger partial charge >= 0.3 is 5.97 Å². The Balaban J connectivity index is 1.87. The van der Waals surface area contributed by atoms with E-state index < -0.39 is 5.97 Å². The van der Waals surface area contributed by atoms with Crippen molar-refractivity contribution in [3.63, 3.8) is 0 Å². The van der Waals surface area contributed by atoms with Gasteiger partial charge in [-0.1, -0.05) is 25.1 Å². The van der Waals surface area contributed by atoms with Crippen LogP contribution in [-0.2, 0) is 9.53 Å². The molecule has 0 heterocycles. The van der Waals surface area contributed by atoms with E-state index >= 15 is 0 Å². The average Bonchev–Trinajstić information content (AvgIpc) is 2.27. The summed E-state index contributed by atoms with van der Waals surface area (Å²) in [6.07, 6.45) is 7.23. The zero-order chi connectivity index (χ0) is 12.9. The molecule has 0 aliphatic heterocycles. The number of hydrogen-bond donors (Lipinski definition) is 0. The molecule has 0 saturated heterocycles. The van der Waals surface area contributed by atoms with E-state index in [1.807, 2.05) is 0 Å². The smallest absolute Gasteiger partial charge is 0.349 e. The van der Waals surface area contributed by atoms with Crippen LogP contribution in [0.25, 0.3) is 0 Å². The van der Waals surface area contributed by atoms with Gasteiger partial charge in [0.15, 0.2) is 0 Å². The molecule has 0 radical (unpaired) electrons. The van der Waals surface area contributed by atoms with Gasteiger partial charge in [0.25, 0.3) is 0 Å². The van der Waals surface area contributed by atoms with E-state index in [0.717, 1.165) is 37.0 Å². The van der Waals surface area contributed by atoms with Crippen LogP contribution in [0.3, 0.4) is 0 Å². The molecule has 4 fully saturated rings. The van der Waals surface area contributed by atoms with Gasteiger partial charge in [0.05, 0.1) is 0 Å². The Morgan fingerprint density at radius 2 is 1.94 bits per heavy atom. The molecular formula is C15H21ClO2. The summed E-state index contributed by atoms with van der Waals surface area (Å²) in [5.41, 5.74) is -0.224. The molecule has 4 rings (SSSR count). The first kappa shape index (κ1) is 12.5. The largest absolute Gasteiger partial charge is 0.455 e. The van der Waals surface area contributed by atoms with E-state index in [1.54, 1.807) is 0 Å². The predicted octanol–water partition coefficient (Wildman–Crippen LogP) is 3.89. The molecule has 100 valence electrons. The second-order valence-electron chi connectivity index (χ2n) is 6.48. The lowest BCUT2D eigenvalue weighted by atomic mass is 9.49. The number of ether oxygens (including phenoxy) is 1. The number of carbonyl (C=O) groups is 1. The van der Waals surface area contributed by atoms with Crippen molar-refractivity contribution >= 4 is 17.6 Å². The summed E-state index contributed by atoms with van der Waals surface area (Å²) in [6.45, 7) is 5.72. The molecule has 0 N–H and O–H groups in total. The molecule has 0 aromatic carbocycles. The third-order valence-corrected chi connectivity index (χ3v) is 5.56. The fourth-order valence-corrected chi connectivity index (χ4v) is 5.21. The van der Waals surface area contributed by atoms with Crippen molar-refractivity contribution in [2.45, 2.75) is 51.0 Å². The standard InChI is InChI=1S/C15H21ClO2/c1-3-13-12-5-10-4-11(6-12)8-15(13,7-10)18-14(17)9(2)16/h10-13H,2-8H2,1H3. The Morgan fingerprint density at radius 1 is 1.33 bits per heavy atom. The Bertz CT molecular complexity index is 376. The van der Waals surface area contributed by atoms with Gasteiger partial charge in [-0.25, -0.2) is 4.79 Å². The highest BCUT2D eigenvalue weighted by Crippen LogP contribution is 2.60. The molecule has 3 heteroatoms. The lowest BCUT2D eigenvalue weighted by molar-refractivity contribution is -0.204. The molecule has 3 atom stereocenters. The highest BCUT2D eigenvalue weighted by molar-refractivity contribution is 6.40. The van der Waals surface area contributed by atoms with Crippen LogP contribution in [-0.4, -0.2) is 11.6 Å². The fraction of sp³-hybridized carbons (Fsp3) is 0.800. The number of rotatable bonds is 3. The van der Waals surface area contributed by atoms with Crippen LogP contribution >= 0.6 is 11.6 Å².